The van der Waals surface area contributed by atoms with Gasteiger partial charge in [0, 0.05) is 11.4 Å². The van der Waals surface area contributed by atoms with Gasteiger partial charge in [0.15, 0.2) is 0 Å². The van der Waals surface area contributed by atoms with Gasteiger partial charge in [-0.3, -0.25) is 9.59 Å². The molecule has 3 rings (SSSR count). The Morgan fingerprint density at radius 1 is 0.906 bits per heavy atom. The molecule has 0 aliphatic carbocycles. The van der Waals surface area contributed by atoms with Gasteiger partial charge in [-0.2, -0.15) is 0 Å². The van der Waals surface area contributed by atoms with E-state index in [-0.39, 0.29) is 28.3 Å². The fraction of sp³-hybridized carbons (Fsp3) is 0.333. The summed E-state index contributed by atoms with van der Waals surface area (Å²) in [6.07, 6.45) is 0. The molecule has 0 fully saturated rings. The summed E-state index contributed by atoms with van der Waals surface area (Å²) in [7, 11) is 0. The molecule has 3 aromatic rings. The van der Waals surface area contributed by atoms with Crippen molar-refractivity contribution in [2.24, 2.45) is 0 Å². The van der Waals surface area contributed by atoms with E-state index in [0.29, 0.717) is 17.9 Å². The van der Waals surface area contributed by atoms with Crippen LogP contribution in [0.1, 0.15) is 78.0 Å². The first-order chi connectivity index (χ1) is 15.1. The third-order valence-electron chi connectivity index (χ3n) is 5.76. The number of nitrogens with zero attached hydrogens (tertiary/aromatic N) is 1. The van der Waals surface area contributed by atoms with Crippen molar-refractivity contribution in [1.82, 2.24) is 4.98 Å². The molecule has 0 saturated heterocycles. The van der Waals surface area contributed by atoms with E-state index in [0.717, 1.165) is 22.4 Å². The van der Waals surface area contributed by atoms with Crippen LogP contribution >= 0.6 is 11.6 Å². The number of halogens is 1. The highest BCUT2D eigenvalue weighted by atomic mass is 35.5. The van der Waals surface area contributed by atoms with E-state index in [1.54, 1.807) is 18.7 Å². The molecule has 0 atom stereocenters. The van der Waals surface area contributed by atoms with Gasteiger partial charge in [0.05, 0.1) is 12.2 Å². The molecule has 5 heteroatoms. The molecule has 0 bridgehead atoms. The minimum Gasteiger partial charge on any atom is -0.361 e. The molecule has 0 radical (unpaired) electrons. The molecular weight excluding hydrogens is 420 g/mol. The van der Waals surface area contributed by atoms with Crippen LogP contribution in [0, 0.1) is 13.8 Å². The number of carbonyl (C=O) groups is 1. The van der Waals surface area contributed by atoms with Crippen LogP contribution < -0.4 is 10.3 Å². The van der Waals surface area contributed by atoms with Crippen molar-refractivity contribution in [2.45, 2.75) is 59.9 Å². The molecule has 4 nitrogen and oxygen atoms in total. The van der Waals surface area contributed by atoms with Crippen LogP contribution in [0.5, 0.6) is 0 Å². The third-order valence-corrected chi connectivity index (χ3v) is 6.22. The van der Waals surface area contributed by atoms with E-state index in [2.05, 4.69) is 44.8 Å². The Balaban J connectivity index is 2.30. The van der Waals surface area contributed by atoms with Crippen LogP contribution in [0.2, 0.25) is 5.02 Å². The van der Waals surface area contributed by atoms with Crippen molar-refractivity contribution >= 4 is 23.2 Å². The van der Waals surface area contributed by atoms with Crippen LogP contribution in [-0.4, -0.2) is 10.9 Å². The molecule has 0 saturated carbocycles. The Morgan fingerprint density at radius 3 is 2.00 bits per heavy atom. The minimum atomic E-state index is -0.434. The van der Waals surface area contributed by atoms with Crippen molar-refractivity contribution in [3.05, 3.63) is 97.4 Å². The van der Waals surface area contributed by atoms with E-state index in [9.17, 15) is 9.59 Å². The van der Waals surface area contributed by atoms with Crippen molar-refractivity contribution in [2.75, 3.05) is 4.90 Å². The largest absolute Gasteiger partial charge is 0.361 e. The minimum absolute atomic E-state index is 0.0554. The number of para-hydroxylation sites is 1. The molecule has 1 amide bonds. The molecule has 32 heavy (non-hydrogen) atoms. The van der Waals surface area contributed by atoms with Gasteiger partial charge in [0.1, 0.15) is 10.6 Å². The maximum Gasteiger partial charge on any atom is 0.264 e. The van der Waals surface area contributed by atoms with E-state index in [1.807, 2.05) is 36.4 Å². The molecule has 0 aliphatic rings. The molecule has 1 N–H and O–H groups in total. The molecule has 0 spiro atoms. The number of hydrogen-bond acceptors (Lipinski definition) is 2. The summed E-state index contributed by atoms with van der Waals surface area (Å²) >= 11 is 6.26. The summed E-state index contributed by atoms with van der Waals surface area (Å²) in [4.78, 5) is 32.0. The zero-order valence-corrected chi connectivity index (χ0v) is 20.4. The number of aryl methyl sites for hydroxylation is 2. The van der Waals surface area contributed by atoms with Crippen LogP contribution in [0.3, 0.4) is 0 Å². The monoisotopic (exact) mass is 450 g/mol. The first-order valence-corrected chi connectivity index (χ1v) is 11.4. The highest BCUT2D eigenvalue weighted by molar-refractivity contribution is 6.31. The highest BCUT2D eigenvalue weighted by Gasteiger charge is 2.29. The number of carbonyl (C=O) groups excluding carboxylic acids is 1. The summed E-state index contributed by atoms with van der Waals surface area (Å²) < 4.78 is 0. The first kappa shape index (κ1) is 23.8. The number of benzene rings is 2. The standard InChI is InChI=1S/C27H31ClN2O2/c1-16(2)21-13-10-14-22(17(3)4)25(21)30(15-20-11-8-7-9-12-20)27(32)23-18(5)29-19(6)24(28)26(23)31/h7-14,16-17H,15H2,1-6H3,(H,29,31). The highest BCUT2D eigenvalue weighted by Crippen LogP contribution is 2.37. The second kappa shape index (κ2) is 9.74. The van der Waals surface area contributed by atoms with E-state index in [4.69, 9.17) is 11.6 Å². The summed E-state index contributed by atoms with van der Waals surface area (Å²) in [5.74, 6) is 0.0658. The smallest absolute Gasteiger partial charge is 0.264 e. The Labute approximate surface area is 195 Å². The SMILES string of the molecule is Cc1[nH]c(C)c(C(=O)N(Cc2ccccc2)c2c(C(C)C)cccc2C(C)C)c(=O)c1Cl. The zero-order chi connectivity index (χ0) is 23.6. The first-order valence-electron chi connectivity index (χ1n) is 11.0. The number of aromatic nitrogens is 1. The van der Waals surface area contributed by atoms with Gasteiger partial charge in [0.2, 0.25) is 5.43 Å². The van der Waals surface area contributed by atoms with E-state index < -0.39 is 5.43 Å². The van der Waals surface area contributed by atoms with Crippen molar-refractivity contribution in [3.63, 3.8) is 0 Å². The molecule has 0 unspecified atom stereocenters. The molecule has 2 aromatic carbocycles. The van der Waals surface area contributed by atoms with Crippen molar-refractivity contribution in [3.8, 4) is 0 Å². The maximum absolute atomic E-state index is 14.1. The quantitative estimate of drug-likeness (QED) is 0.452. The average Bonchev–Trinajstić information content (AvgIpc) is 2.76. The van der Waals surface area contributed by atoms with Gasteiger partial charge in [-0.1, -0.05) is 87.8 Å². The van der Waals surface area contributed by atoms with Crippen LogP contribution in [0.4, 0.5) is 5.69 Å². The lowest BCUT2D eigenvalue weighted by atomic mass is 9.91. The van der Waals surface area contributed by atoms with Crippen molar-refractivity contribution < 1.29 is 4.79 Å². The molecule has 1 heterocycles. The number of pyridine rings is 1. The Hall–Kier alpha value is -2.85. The topological polar surface area (TPSA) is 53.2 Å². The molecular formula is C27H31ClN2O2. The molecule has 168 valence electrons. The number of nitrogens with one attached hydrogen (secondary N) is 1. The van der Waals surface area contributed by atoms with Gasteiger partial charge in [-0.15, -0.1) is 0 Å². The number of aromatic amines is 1. The van der Waals surface area contributed by atoms with Crippen LogP contribution in [-0.2, 0) is 6.54 Å². The van der Waals surface area contributed by atoms with Crippen LogP contribution in [0.15, 0.2) is 53.3 Å². The summed E-state index contributed by atoms with van der Waals surface area (Å²) in [6.45, 7) is 12.3. The maximum atomic E-state index is 14.1. The van der Waals surface area contributed by atoms with Crippen LogP contribution in [0.25, 0.3) is 0 Å². The zero-order valence-electron chi connectivity index (χ0n) is 19.6. The Bertz CT molecular complexity index is 1150. The van der Waals surface area contributed by atoms with Crippen molar-refractivity contribution in [1.29, 1.82) is 0 Å². The predicted molar refractivity (Wildman–Crippen MR) is 133 cm³/mol. The number of rotatable bonds is 6. The normalized spacial score (nSPS) is 11.3. The molecule has 0 aliphatic heterocycles. The summed E-state index contributed by atoms with van der Waals surface area (Å²) in [5.41, 5.74) is 4.75. The van der Waals surface area contributed by atoms with Gasteiger partial charge in [-0.25, -0.2) is 0 Å². The number of H-pyrrole nitrogens is 1. The van der Waals surface area contributed by atoms with Gasteiger partial charge >= 0.3 is 0 Å². The van der Waals surface area contributed by atoms with E-state index in [1.165, 1.54) is 0 Å². The van der Waals surface area contributed by atoms with E-state index >= 15 is 0 Å². The fourth-order valence-corrected chi connectivity index (χ4v) is 4.23. The number of hydrogen-bond donors (Lipinski definition) is 1. The Kier molecular flexibility index (Phi) is 7.25. The lowest BCUT2D eigenvalue weighted by Crippen LogP contribution is -2.37. The predicted octanol–water partition coefficient (Wildman–Crippen LogP) is 6.74. The van der Waals surface area contributed by atoms with Gasteiger partial charge < -0.3 is 9.88 Å². The Morgan fingerprint density at radius 2 is 1.47 bits per heavy atom. The van der Waals surface area contributed by atoms with Gasteiger partial charge in [-0.05, 0) is 42.4 Å². The number of amides is 1. The third kappa shape index (κ3) is 4.66. The average molecular weight is 451 g/mol. The lowest BCUT2D eigenvalue weighted by Gasteiger charge is -2.30. The summed E-state index contributed by atoms with van der Waals surface area (Å²) in [6, 6.07) is 16.0. The second-order valence-corrected chi connectivity index (χ2v) is 9.24. The fourth-order valence-electron chi connectivity index (χ4n) is 4.08. The second-order valence-electron chi connectivity index (χ2n) is 8.86. The van der Waals surface area contributed by atoms with Gasteiger partial charge in [0.25, 0.3) is 5.91 Å². The lowest BCUT2D eigenvalue weighted by molar-refractivity contribution is 0.0982. The number of anilines is 1. The summed E-state index contributed by atoms with van der Waals surface area (Å²) in [5, 5.41) is 0.0554. The molecule has 1 aromatic heterocycles.